The van der Waals surface area contributed by atoms with Crippen LogP contribution in [0.1, 0.15) is 34.5 Å². The van der Waals surface area contributed by atoms with Gasteiger partial charge in [-0.2, -0.15) is 0 Å². The number of fused-ring (bicyclic) bond motifs is 5. The van der Waals surface area contributed by atoms with Gasteiger partial charge in [0.1, 0.15) is 5.58 Å². The van der Waals surface area contributed by atoms with E-state index in [4.69, 9.17) is 9.15 Å². The molecule has 3 aliphatic rings. The van der Waals surface area contributed by atoms with Gasteiger partial charge in [-0.25, -0.2) is 0 Å². The predicted octanol–water partition coefficient (Wildman–Crippen LogP) is 2.76. The van der Waals surface area contributed by atoms with Crippen LogP contribution >= 0.6 is 0 Å². The summed E-state index contributed by atoms with van der Waals surface area (Å²) in [6.07, 6.45) is 1.78. The van der Waals surface area contributed by atoms with Crippen molar-refractivity contribution in [2.45, 2.75) is 32.7 Å². The van der Waals surface area contributed by atoms with E-state index in [-0.39, 0.29) is 23.8 Å². The molecule has 3 aliphatic heterocycles. The number of methoxy groups -OCH3 is 1. The molecule has 0 aliphatic carbocycles. The molecule has 0 N–H and O–H groups in total. The Bertz CT molecular complexity index is 888. The van der Waals surface area contributed by atoms with Gasteiger partial charge in [0, 0.05) is 43.7 Å². The Morgan fingerprint density at radius 3 is 2.85 bits per heavy atom. The van der Waals surface area contributed by atoms with Crippen LogP contribution in [0.4, 0.5) is 0 Å². The van der Waals surface area contributed by atoms with Crippen LogP contribution in [0.2, 0.25) is 0 Å². The molecule has 6 heteroatoms. The average molecular weight is 370 g/mol. The largest absolute Gasteiger partial charge is 0.451 e. The van der Waals surface area contributed by atoms with Crippen LogP contribution in [0.15, 0.2) is 22.6 Å². The van der Waals surface area contributed by atoms with Gasteiger partial charge in [0.2, 0.25) is 5.91 Å². The van der Waals surface area contributed by atoms with Crippen molar-refractivity contribution in [1.29, 1.82) is 0 Å². The van der Waals surface area contributed by atoms with Gasteiger partial charge in [-0.3, -0.25) is 9.59 Å². The Morgan fingerprint density at radius 2 is 2.07 bits per heavy atom. The number of ether oxygens (including phenoxy) is 1. The van der Waals surface area contributed by atoms with Gasteiger partial charge in [-0.1, -0.05) is 11.6 Å². The molecule has 1 aromatic heterocycles. The molecule has 0 radical (unpaired) electrons. The van der Waals surface area contributed by atoms with Crippen LogP contribution in [-0.2, 0) is 9.53 Å². The molecule has 6 nitrogen and oxygen atoms in total. The maximum Gasteiger partial charge on any atom is 0.289 e. The minimum Gasteiger partial charge on any atom is -0.451 e. The number of carbonyl (C=O) groups excluding carboxylic acids is 2. The zero-order valence-corrected chi connectivity index (χ0v) is 16.2. The second kappa shape index (κ2) is 7.00. The van der Waals surface area contributed by atoms with E-state index in [1.165, 1.54) is 0 Å². The first-order chi connectivity index (χ1) is 13.0. The van der Waals surface area contributed by atoms with E-state index in [0.717, 1.165) is 34.9 Å². The quantitative estimate of drug-likeness (QED) is 0.830. The predicted molar refractivity (Wildman–Crippen MR) is 102 cm³/mol. The summed E-state index contributed by atoms with van der Waals surface area (Å²) in [4.78, 5) is 29.7. The molecular formula is C21H26N2O4. The van der Waals surface area contributed by atoms with Crippen LogP contribution in [0.3, 0.4) is 0 Å². The number of benzene rings is 1. The van der Waals surface area contributed by atoms with Crippen molar-refractivity contribution in [3.05, 3.63) is 35.1 Å². The molecule has 2 bridgehead atoms. The Labute approximate surface area is 159 Å². The molecule has 1 aromatic carbocycles. The van der Waals surface area contributed by atoms with Crippen LogP contribution in [-0.4, -0.2) is 61.0 Å². The second-order valence-corrected chi connectivity index (χ2v) is 7.72. The highest BCUT2D eigenvalue weighted by atomic mass is 16.5. The molecule has 144 valence electrons. The number of piperidine rings is 1. The Hall–Kier alpha value is -2.34. The number of hydrogen-bond acceptors (Lipinski definition) is 4. The van der Waals surface area contributed by atoms with Crippen molar-refractivity contribution in [3.63, 3.8) is 0 Å². The monoisotopic (exact) mass is 370 g/mol. The average Bonchev–Trinajstić information content (AvgIpc) is 2.81. The molecule has 2 amide bonds. The summed E-state index contributed by atoms with van der Waals surface area (Å²) in [5.74, 6) is 0.305. The third kappa shape index (κ3) is 3.12. The van der Waals surface area contributed by atoms with Gasteiger partial charge in [-0.05, 0) is 38.8 Å². The molecule has 4 heterocycles. The second-order valence-electron chi connectivity index (χ2n) is 7.72. The summed E-state index contributed by atoms with van der Waals surface area (Å²) in [7, 11) is 1.64. The summed E-state index contributed by atoms with van der Waals surface area (Å²) in [5, 5.41) is 0.981. The van der Waals surface area contributed by atoms with E-state index in [2.05, 4.69) is 0 Å². The lowest BCUT2D eigenvalue weighted by molar-refractivity contribution is -0.140. The van der Waals surface area contributed by atoms with Gasteiger partial charge >= 0.3 is 0 Å². The lowest BCUT2D eigenvalue weighted by Crippen LogP contribution is -2.49. The summed E-state index contributed by atoms with van der Waals surface area (Å²) < 4.78 is 11.1. The molecular weight excluding hydrogens is 344 g/mol. The Morgan fingerprint density at radius 1 is 1.26 bits per heavy atom. The number of nitrogens with zero attached hydrogens (tertiary/aromatic N) is 2. The number of hydrogen-bond donors (Lipinski definition) is 0. The van der Waals surface area contributed by atoms with Crippen molar-refractivity contribution >= 4 is 22.8 Å². The molecule has 0 saturated carbocycles. The van der Waals surface area contributed by atoms with E-state index in [0.29, 0.717) is 32.0 Å². The zero-order chi connectivity index (χ0) is 19.1. The van der Waals surface area contributed by atoms with Gasteiger partial charge < -0.3 is 19.0 Å². The third-order valence-electron chi connectivity index (χ3n) is 5.90. The van der Waals surface area contributed by atoms with Crippen LogP contribution in [0.25, 0.3) is 11.0 Å². The topological polar surface area (TPSA) is 63.0 Å². The fourth-order valence-electron chi connectivity index (χ4n) is 4.37. The molecule has 2 atom stereocenters. The molecule has 0 unspecified atom stereocenters. The normalized spacial score (nSPS) is 22.6. The van der Waals surface area contributed by atoms with E-state index in [9.17, 15) is 9.59 Å². The first-order valence-electron chi connectivity index (χ1n) is 9.58. The summed E-state index contributed by atoms with van der Waals surface area (Å²) in [5.41, 5.74) is 2.74. The van der Waals surface area contributed by atoms with Crippen molar-refractivity contribution < 1.29 is 18.7 Å². The standard InChI is InChI=1S/C21H26N2O4/c1-13-4-7-18-17(10-13)14(2)19(27-18)21(25)22-11-15-5-6-16(12-22)23(20(15)24)8-9-26-3/h4,7,10,15-16H,5-6,8-9,11-12H2,1-3H3/t15-,16+/m0/s1. The molecule has 0 spiro atoms. The number of amides is 2. The summed E-state index contributed by atoms with van der Waals surface area (Å²) >= 11 is 0. The van der Waals surface area contributed by atoms with Gasteiger partial charge in [0.15, 0.2) is 5.76 Å². The van der Waals surface area contributed by atoms with E-state index < -0.39 is 0 Å². The fraction of sp³-hybridized carbons (Fsp3) is 0.524. The smallest absolute Gasteiger partial charge is 0.289 e. The van der Waals surface area contributed by atoms with E-state index in [1.807, 2.05) is 41.8 Å². The fourth-order valence-corrected chi connectivity index (χ4v) is 4.37. The van der Waals surface area contributed by atoms with E-state index >= 15 is 0 Å². The van der Waals surface area contributed by atoms with Crippen molar-refractivity contribution in [2.24, 2.45) is 5.92 Å². The lowest BCUT2D eigenvalue weighted by Gasteiger charge is -2.35. The molecule has 5 rings (SSSR count). The van der Waals surface area contributed by atoms with Gasteiger partial charge in [-0.15, -0.1) is 0 Å². The lowest BCUT2D eigenvalue weighted by atomic mass is 9.94. The minimum absolute atomic E-state index is 0.0577. The van der Waals surface area contributed by atoms with Crippen molar-refractivity contribution in [3.8, 4) is 0 Å². The Balaban J connectivity index is 1.62. The summed E-state index contributed by atoms with van der Waals surface area (Å²) in [6.45, 7) is 6.08. The number of rotatable bonds is 4. The highest BCUT2D eigenvalue weighted by molar-refractivity contribution is 5.99. The first kappa shape index (κ1) is 18.0. The van der Waals surface area contributed by atoms with Crippen LogP contribution in [0.5, 0.6) is 0 Å². The van der Waals surface area contributed by atoms with Crippen LogP contribution < -0.4 is 0 Å². The molecule has 3 saturated heterocycles. The Kier molecular flexibility index (Phi) is 4.68. The summed E-state index contributed by atoms with van der Waals surface area (Å²) in [6, 6.07) is 6.00. The minimum atomic E-state index is -0.128. The molecule has 2 aromatic rings. The molecule has 27 heavy (non-hydrogen) atoms. The van der Waals surface area contributed by atoms with Crippen molar-refractivity contribution in [1.82, 2.24) is 9.80 Å². The number of aryl methyl sites for hydroxylation is 2. The van der Waals surface area contributed by atoms with E-state index in [1.54, 1.807) is 7.11 Å². The SMILES string of the molecule is COCCN1C(=O)[C@H]2CC[C@@H]1CN(C(=O)c1oc3ccc(C)cc3c1C)C2. The van der Waals surface area contributed by atoms with Gasteiger partial charge in [0.25, 0.3) is 5.91 Å². The maximum absolute atomic E-state index is 13.3. The number of carbonyl (C=O) groups is 2. The maximum atomic E-state index is 13.3. The highest BCUT2D eigenvalue weighted by Gasteiger charge is 2.42. The van der Waals surface area contributed by atoms with Crippen LogP contribution in [0, 0.1) is 19.8 Å². The first-order valence-corrected chi connectivity index (χ1v) is 9.58. The zero-order valence-electron chi connectivity index (χ0n) is 16.2. The highest BCUT2D eigenvalue weighted by Crippen LogP contribution is 2.32. The third-order valence-corrected chi connectivity index (χ3v) is 5.90. The molecule has 3 fully saturated rings. The van der Waals surface area contributed by atoms with Gasteiger partial charge in [0.05, 0.1) is 12.5 Å². The number of furan rings is 1. The van der Waals surface area contributed by atoms with Crippen molar-refractivity contribution in [2.75, 3.05) is 33.4 Å².